The molecular formula is C13H16N2O2. The van der Waals surface area contributed by atoms with Crippen LogP contribution in [0.25, 0.3) is 5.65 Å². The van der Waals surface area contributed by atoms with Gasteiger partial charge in [-0.15, -0.1) is 0 Å². The summed E-state index contributed by atoms with van der Waals surface area (Å²) in [7, 11) is 1.67. The fourth-order valence-electron chi connectivity index (χ4n) is 2.28. The molecule has 4 heteroatoms. The number of ether oxygens (including phenoxy) is 2. The molecule has 0 radical (unpaired) electrons. The molecule has 0 N–H and O–H groups in total. The minimum atomic E-state index is 0.349. The third kappa shape index (κ3) is 2.13. The standard InChI is InChI=1S/C13H16N2O2/c1-16-11-4-5-15-9-10(14-13(15)8-11)7-12-3-2-6-17-12/h4-5,8-9,12H,2-3,6-7H2,1H3. The van der Waals surface area contributed by atoms with E-state index in [1.165, 1.54) is 6.42 Å². The van der Waals surface area contributed by atoms with Crippen LogP contribution in [-0.4, -0.2) is 29.2 Å². The van der Waals surface area contributed by atoms with Crippen molar-refractivity contribution >= 4 is 5.65 Å². The van der Waals surface area contributed by atoms with Gasteiger partial charge < -0.3 is 13.9 Å². The van der Waals surface area contributed by atoms with Crippen LogP contribution in [0.1, 0.15) is 18.5 Å². The van der Waals surface area contributed by atoms with Crippen molar-refractivity contribution in [3.63, 3.8) is 0 Å². The van der Waals surface area contributed by atoms with Crippen molar-refractivity contribution in [2.24, 2.45) is 0 Å². The SMILES string of the molecule is COc1ccn2cc(CC3CCCO3)nc2c1. The van der Waals surface area contributed by atoms with Crippen LogP contribution in [0.4, 0.5) is 0 Å². The molecule has 0 spiro atoms. The Labute approximate surface area is 100 Å². The molecule has 17 heavy (non-hydrogen) atoms. The third-order valence-corrected chi connectivity index (χ3v) is 3.18. The average molecular weight is 232 g/mol. The molecule has 3 heterocycles. The molecule has 1 fully saturated rings. The van der Waals surface area contributed by atoms with E-state index in [4.69, 9.17) is 9.47 Å². The van der Waals surface area contributed by atoms with E-state index in [9.17, 15) is 0 Å². The van der Waals surface area contributed by atoms with Crippen molar-refractivity contribution < 1.29 is 9.47 Å². The van der Waals surface area contributed by atoms with Crippen molar-refractivity contribution in [2.75, 3.05) is 13.7 Å². The zero-order valence-corrected chi connectivity index (χ0v) is 9.93. The molecule has 4 nitrogen and oxygen atoms in total. The lowest BCUT2D eigenvalue weighted by Crippen LogP contribution is -2.08. The molecule has 0 bridgehead atoms. The van der Waals surface area contributed by atoms with E-state index in [0.29, 0.717) is 6.10 Å². The summed E-state index contributed by atoms with van der Waals surface area (Å²) in [6, 6.07) is 3.88. The van der Waals surface area contributed by atoms with E-state index in [2.05, 4.69) is 11.2 Å². The second-order valence-corrected chi connectivity index (χ2v) is 4.40. The van der Waals surface area contributed by atoms with Crippen LogP contribution in [0.3, 0.4) is 0 Å². The molecule has 90 valence electrons. The van der Waals surface area contributed by atoms with Gasteiger partial charge in [0.25, 0.3) is 0 Å². The Bertz CT molecular complexity index is 515. The first-order valence-corrected chi connectivity index (χ1v) is 5.98. The van der Waals surface area contributed by atoms with Crippen molar-refractivity contribution in [2.45, 2.75) is 25.4 Å². The quantitative estimate of drug-likeness (QED) is 0.812. The van der Waals surface area contributed by atoms with Crippen LogP contribution in [0.2, 0.25) is 0 Å². The van der Waals surface area contributed by atoms with Gasteiger partial charge in [-0.25, -0.2) is 4.98 Å². The van der Waals surface area contributed by atoms with Crippen LogP contribution in [-0.2, 0) is 11.2 Å². The van der Waals surface area contributed by atoms with Crippen LogP contribution >= 0.6 is 0 Å². The van der Waals surface area contributed by atoms with Gasteiger partial charge in [0.1, 0.15) is 11.4 Å². The molecule has 1 aliphatic heterocycles. The Hall–Kier alpha value is -1.55. The van der Waals surface area contributed by atoms with E-state index in [0.717, 1.165) is 36.5 Å². The van der Waals surface area contributed by atoms with E-state index in [1.807, 2.05) is 22.7 Å². The number of methoxy groups -OCH3 is 1. The molecular weight excluding hydrogens is 216 g/mol. The molecule has 0 amide bonds. The van der Waals surface area contributed by atoms with Crippen molar-refractivity contribution in [1.29, 1.82) is 0 Å². The second kappa shape index (κ2) is 4.37. The number of pyridine rings is 1. The molecule has 1 unspecified atom stereocenters. The highest BCUT2D eigenvalue weighted by Crippen LogP contribution is 2.19. The van der Waals surface area contributed by atoms with Crippen molar-refractivity contribution in [1.82, 2.24) is 9.38 Å². The first-order chi connectivity index (χ1) is 8.35. The summed E-state index contributed by atoms with van der Waals surface area (Å²) in [5, 5.41) is 0. The maximum atomic E-state index is 5.62. The molecule has 2 aromatic rings. The maximum Gasteiger partial charge on any atom is 0.140 e. The fourth-order valence-corrected chi connectivity index (χ4v) is 2.28. The highest BCUT2D eigenvalue weighted by Gasteiger charge is 2.17. The largest absolute Gasteiger partial charge is 0.497 e. The Morgan fingerprint density at radius 3 is 3.29 bits per heavy atom. The second-order valence-electron chi connectivity index (χ2n) is 4.40. The summed E-state index contributed by atoms with van der Waals surface area (Å²) in [5.41, 5.74) is 2.02. The number of imidazole rings is 1. The molecule has 0 aliphatic carbocycles. The van der Waals surface area contributed by atoms with Crippen LogP contribution < -0.4 is 4.74 Å². The van der Waals surface area contributed by atoms with E-state index < -0.39 is 0 Å². The Balaban J connectivity index is 1.85. The van der Waals surface area contributed by atoms with Gasteiger partial charge >= 0.3 is 0 Å². The van der Waals surface area contributed by atoms with E-state index in [1.54, 1.807) is 7.11 Å². The van der Waals surface area contributed by atoms with Crippen LogP contribution in [0, 0.1) is 0 Å². The van der Waals surface area contributed by atoms with Gasteiger partial charge in [0, 0.05) is 31.5 Å². The predicted octanol–water partition coefficient (Wildman–Crippen LogP) is 2.06. The van der Waals surface area contributed by atoms with Gasteiger partial charge in [0.2, 0.25) is 0 Å². The molecule has 1 atom stereocenters. The molecule has 2 aromatic heterocycles. The summed E-state index contributed by atoms with van der Waals surface area (Å²) < 4.78 is 12.8. The Morgan fingerprint density at radius 1 is 1.59 bits per heavy atom. The van der Waals surface area contributed by atoms with E-state index >= 15 is 0 Å². The Kier molecular flexibility index (Phi) is 2.73. The van der Waals surface area contributed by atoms with Gasteiger partial charge in [-0.1, -0.05) is 0 Å². The normalized spacial score (nSPS) is 19.9. The number of hydrogen-bond donors (Lipinski definition) is 0. The molecule has 0 aromatic carbocycles. The van der Waals surface area contributed by atoms with Crippen LogP contribution in [0.15, 0.2) is 24.5 Å². The van der Waals surface area contributed by atoms with Crippen molar-refractivity contribution in [3.05, 3.63) is 30.2 Å². The summed E-state index contributed by atoms with van der Waals surface area (Å²) in [5.74, 6) is 0.840. The number of hydrogen-bond acceptors (Lipinski definition) is 3. The number of aromatic nitrogens is 2. The summed E-state index contributed by atoms with van der Waals surface area (Å²) in [4.78, 5) is 4.59. The van der Waals surface area contributed by atoms with Gasteiger partial charge in [0.15, 0.2) is 0 Å². The minimum absolute atomic E-state index is 0.349. The maximum absolute atomic E-state index is 5.62. The first kappa shape index (κ1) is 10.6. The third-order valence-electron chi connectivity index (χ3n) is 3.18. The summed E-state index contributed by atoms with van der Waals surface area (Å²) in [6.45, 7) is 0.895. The smallest absolute Gasteiger partial charge is 0.140 e. The zero-order chi connectivity index (χ0) is 11.7. The zero-order valence-electron chi connectivity index (χ0n) is 9.93. The van der Waals surface area contributed by atoms with Crippen LogP contribution in [0.5, 0.6) is 5.75 Å². The molecule has 1 saturated heterocycles. The summed E-state index contributed by atoms with van der Waals surface area (Å²) in [6.07, 6.45) is 7.62. The number of fused-ring (bicyclic) bond motifs is 1. The first-order valence-electron chi connectivity index (χ1n) is 5.98. The highest BCUT2D eigenvalue weighted by atomic mass is 16.5. The molecule has 1 aliphatic rings. The van der Waals surface area contributed by atoms with Gasteiger partial charge in [-0.2, -0.15) is 0 Å². The summed E-state index contributed by atoms with van der Waals surface area (Å²) >= 11 is 0. The number of nitrogens with zero attached hydrogens (tertiary/aromatic N) is 2. The fraction of sp³-hybridized carbons (Fsp3) is 0.462. The molecule has 3 rings (SSSR count). The lowest BCUT2D eigenvalue weighted by molar-refractivity contribution is 0.111. The minimum Gasteiger partial charge on any atom is -0.497 e. The topological polar surface area (TPSA) is 35.8 Å². The average Bonchev–Trinajstić information content (AvgIpc) is 2.96. The lowest BCUT2D eigenvalue weighted by Gasteiger charge is -2.05. The van der Waals surface area contributed by atoms with Gasteiger partial charge in [-0.05, 0) is 18.9 Å². The monoisotopic (exact) mass is 232 g/mol. The van der Waals surface area contributed by atoms with E-state index in [-0.39, 0.29) is 0 Å². The predicted molar refractivity (Wildman–Crippen MR) is 64.4 cm³/mol. The Morgan fingerprint density at radius 2 is 2.53 bits per heavy atom. The molecule has 0 saturated carbocycles. The van der Waals surface area contributed by atoms with Gasteiger partial charge in [0.05, 0.1) is 18.9 Å². The highest BCUT2D eigenvalue weighted by molar-refractivity contribution is 5.45. The lowest BCUT2D eigenvalue weighted by atomic mass is 10.1. The van der Waals surface area contributed by atoms with Gasteiger partial charge in [-0.3, -0.25) is 0 Å². The number of rotatable bonds is 3. The van der Waals surface area contributed by atoms with Crippen molar-refractivity contribution in [3.8, 4) is 5.75 Å².